The number of rotatable bonds is 9. The molecule has 0 aliphatic rings. The number of nitrogens with zero attached hydrogens (tertiary/aromatic N) is 1. The molecule has 0 saturated carbocycles. The number of carbonyl (C=O) groups excluding carboxylic acids is 2. The minimum atomic E-state index is -0.812. The van der Waals surface area contributed by atoms with Gasteiger partial charge in [-0.25, -0.2) is 5.43 Å². The first-order valence-corrected chi connectivity index (χ1v) is 8.09. The van der Waals surface area contributed by atoms with Gasteiger partial charge in [0.1, 0.15) is 6.61 Å². The molecule has 0 aliphatic heterocycles. The van der Waals surface area contributed by atoms with Gasteiger partial charge in [0.25, 0.3) is 0 Å². The Bertz CT molecular complexity index is 627. The summed E-state index contributed by atoms with van der Waals surface area (Å²) in [5.41, 5.74) is 2.88. The third kappa shape index (κ3) is 7.52. The van der Waals surface area contributed by atoms with E-state index < -0.39 is 11.8 Å². The maximum absolute atomic E-state index is 11.6. The summed E-state index contributed by atoms with van der Waals surface area (Å²) < 4.78 is 11.0. The van der Waals surface area contributed by atoms with Gasteiger partial charge in [-0.1, -0.05) is 26.5 Å². The standard InChI is InChI=1S/C18H25N3O4/c1-5-9-25-15-8-7-14(10-16(15)24-6-2)12-20-21-18(23)17(22)19-11-13(3)4/h5,7-8,10,12-13H,1,6,9,11H2,2-4H3,(H,19,22)(H,21,23)/b20-12+. The van der Waals surface area contributed by atoms with Crippen LogP contribution in [0.1, 0.15) is 26.3 Å². The van der Waals surface area contributed by atoms with E-state index >= 15 is 0 Å². The molecule has 0 atom stereocenters. The molecule has 7 heteroatoms. The van der Waals surface area contributed by atoms with E-state index in [0.717, 1.165) is 0 Å². The predicted octanol–water partition coefficient (Wildman–Crippen LogP) is 1.87. The van der Waals surface area contributed by atoms with E-state index in [1.807, 2.05) is 20.8 Å². The van der Waals surface area contributed by atoms with Crippen LogP contribution in [0.4, 0.5) is 0 Å². The average molecular weight is 347 g/mol. The second kappa shape index (κ2) is 10.9. The molecule has 0 aliphatic carbocycles. The first-order chi connectivity index (χ1) is 12.0. The molecule has 0 radical (unpaired) electrons. The summed E-state index contributed by atoms with van der Waals surface area (Å²) in [4.78, 5) is 23.1. The Hall–Kier alpha value is -2.83. The topological polar surface area (TPSA) is 89.0 Å². The third-order valence-electron chi connectivity index (χ3n) is 2.88. The second-order valence-corrected chi connectivity index (χ2v) is 5.54. The van der Waals surface area contributed by atoms with E-state index in [-0.39, 0.29) is 5.92 Å². The number of amides is 2. The molecule has 136 valence electrons. The van der Waals surface area contributed by atoms with Crippen molar-refractivity contribution in [2.75, 3.05) is 19.8 Å². The first kappa shape index (κ1) is 20.2. The van der Waals surface area contributed by atoms with Crippen LogP contribution in [0.5, 0.6) is 11.5 Å². The highest BCUT2D eigenvalue weighted by Crippen LogP contribution is 2.28. The van der Waals surface area contributed by atoms with E-state index in [1.165, 1.54) is 6.21 Å². The molecule has 1 rings (SSSR count). The van der Waals surface area contributed by atoms with Crippen molar-refractivity contribution in [2.24, 2.45) is 11.0 Å². The van der Waals surface area contributed by atoms with Crippen molar-refractivity contribution in [1.82, 2.24) is 10.7 Å². The maximum atomic E-state index is 11.6. The molecule has 0 saturated heterocycles. The van der Waals surface area contributed by atoms with Gasteiger partial charge < -0.3 is 14.8 Å². The fourth-order valence-electron chi connectivity index (χ4n) is 1.73. The van der Waals surface area contributed by atoms with E-state index in [1.54, 1.807) is 24.3 Å². The molecular formula is C18H25N3O4. The highest BCUT2D eigenvalue weighted by atomic mass is 16.5. The van der Waals surface area contributed by atoms with Gasteiger partial charge in [-0.2, -0.15) is 5.10 Å². The highest BCUT2D eigenvalue weighted by molar-refractivity contribution is 6.35. The van der Waals surface area contributed by atoms with Crippen LogP contribution >= 0.6 is 0 Å². The summed E-state index contributed by atoms with van der Waals surface area (Å²) >= 11 is 0. The lowest BCUT2D eigenvalue weighted by Gasteiger charge is -2.11. The minimum absolute atomic E-state index is 0.263. The zero-order valence-electron chi connectivity index (χ0n) is 14.9. The number of hydrogen-bond donors (Lipinski definition) is 2. The Morgan fingerprint density at radius 1 is 1.24 bits per heavy atom. The molecule has 0 bridgehead atoms. The van der Waals surface area contributed by atoms with Gasteiger partial charge in [0.15, 0.2) is 11.5 Å². The molecule has 0 aromatic heterocycles. The molecule has 25 heavy (non-hydrogen) atoms. The van der Waals surface area contributed by atoms with Crippen LogP contribution in [0, 0.1) is 5.92 Å². The number of nitrogens with one attached hydrogen (secondary N) is 2. The Morgan fingerprint density at radius 2 is 2.00 bits per heavy atom. The van der Waals surface area contributed by atoms with Gasteiger partial charge in [-0.15, -0.1) is 0 Å². The van der Waals surface area contributed by atoms with Crippen molar-refractivity contribution in [3.05, 3.63) is 36.4 Å². The smallest absolute Gasteiger partial charge is 0.329 e. The van der Waals surface area contributed by atoms with Crippen molar-refractivity contribution >= 4 is 18.0 Å². The quantitative estimate of drug-likeness (QED) is 0.309. The summed E-state index contributed by atoms with van der Waals surface area (Å²) in [6, 6.07) is 5.23. The summed E-state index contributed by atoms with van der Waals surface area (Å²) in [5, 5.41) is 6.30. The van der Waals surface area contributed by atoms with Crippen molar-refractivity contribution in [1.29, 1.82) is 0 Å². The number of benzene rings is 1. The lowest BCUT2D eigenvalue weighted by Crippen LogP contribution is -2.39. The van der Waals surface area contributed by atoms with Crippen LogP contribution < -0.4 is 20.2 Å². The van der Waals surface area contributed by atoms with E-state index in [2.05, 4.69) is 22.4 Å². The minimum Gasteiger partial charge on any atom is -0.490 e. The van der Waals surface area contributed by atoms with Gasteiger partial charge in [0, 0.05) is 6.54 Å². The van der Waals surface area contributed by atoms with Crippen molar-refractivity contribution in [3.8, 4) is 11.5 Å². The largest absolute Gasteiger partial charge is 0.490 e. The summed E-state index contributed by atoms with van der Waals surface area (Å²) in [6.07, 6.45) is 3.07. The van der Waals surface area contributed by atoms with E-state index in [9.17, 15) is 9.59 Å². The van der Waals surface area contributed by atoms with Gasteiger partial charge in [0.05, 0.1) is 12.8 Å². The van der Waals surface area contributed by atoms with Crippen LogP contribution in [0.15, 0.2) is 36.0 Å². The first-order valence-electron chi connectivity index (χ1n) is 8.09. The molecule has 0 heterocycles. The lowest BCUT2D eigenvalue weighted by atomic mass is 10.2. The number of hydrazone groups is 1. The molecule has 1 aromatic rings. The Morgan fingerprint density at radius 3 is 2.64 bits per heavy atom. The predicted molar refractivity (Wildman–Crippen MR) is 96.9 cm³/mol. The molecule has 2 amide bonds. The summed E-state index contributed by atoms with van der Waals surface area (Å²) in [6.45, 7) is 10.6. The molecule has 2 N–H and O–H groups in total. The van der Waals surface area contributed by atoms with Crippen LogP contribution in [0.3, 0.4) is 0 Å². The molecule has 0 spiro atoms. The number of ether oxygens (including phenoxy) is 2. The Kier molecular flexibility index (Phi) is 8.78. The fraction of sp³-hybridized carbons (Fsp3) is 0.389. The highest BCUT2D eigenvalue weighted by Gasteiger charge is 2.12. The number of carbonyl (C=O) groups is 2. The molecular weight excluding hydrogens is 322 g/mol. The van der Waals surface area contributed by atoms with Crippen LogP contribution in [0.25, 0.3) is 0 Å². The fourth-order valence-corrected chi connectivity index (χ4v) is 1.73. The van der Waals surface area contributed by atoms with Gasteiger partial charge in [0.2, 0.25) is 0 Å². The normalized spacial score (nSPS) is 10.6. The van der Waals surface area contributed by atoms with E-state index in [4.69, 9.17) is 9.47 Å². The average Bonchev–Trinajstić information content (AvgIpc) is 2.59. The molecule has 0 fully saturated rings. The second-order valence-electron chi connectivity index (χ2n) is 5.54. The van der Waals surface area contributed by atoms with Gasteiger partial charge >= 0.3 is 11.8 Å². The van der Waals surface area contributed by atoms with Crippen LogP contribution in [-0.2, 0) is 9.59 Å². The summed E-state index contributed by atoms with van der Waals surface area (Å²) in [7, 11) is 0. The Labute approximate surface area is 148 Å². The van der Waals surface area contributed by atoms with Gasteiger partial charge in [-0.05, 0) is 36.6 Å². The van der Waals surface area contributed by atoms with Crippen molar-refractivity contribution in [3.63, 3.8) is 0 Å². The molecule has 7 nitrogen and oxygen atoms in total. The van der Waals surface area contributed by atoms with E-state index in [0.29, 0.717) is 36.8 Å². The maximum Gasteiger partial charge on any atom is 0.329 e. The van der Waals surface area contributed by atoms with Gasteiger partial charge in [-0.3, -0.25) is 9.59 Å². The van der Waals surface area contributed by atoms with Crippen LogP contribution in [0.2, 0.25) is 0 Å². The Balaban J connectivity index is 2.67. The monoisotopic (exact) mass is 347 g/mol. The third-order valence-corrected chi connectivity index (χ3v) is 2.88. The van der Waals surface area contributed by atoms with Crippen molar-refractivity contribution in [2.45, 2.75) is 20.8 Å². The summed E-state index contributed by atoms with van der Waals surface area (Å²) in [5.74, 6) is -0.105. The number of hydrogen-bond acceptors (Lipinski definition) is 5. The SMILES string of the molecule is C=CCOc1ccc(/C=N/NC(=O)C(=O)NCC(C)C)cc1OCC. The lowest BCUT2D eigenvalue weighted by molar-refractivity contribution is -0.139. The zero-order valence-corrected chi connectivity index (χ0v) is 14.9. The molecule has 1 aromatic carbocycles. The van der Waals surface area contributed by atoms with Crippen molar-refractivity contribution < 1.29 is 19.1 Å². The molecule has 0 unspecified atom stereocenters. The zero-order chi connectivity index (χ0) is 18.7. The van der Waals surface area contributed by atoms with Crippen LogP contribution in [-0.4, -0.2) is 37.8 Å².